The monoisotopic (exact) mass is 248 g/mol. The van der Waals surface area contributed by atoms with E-state index in [2.05, 4.69) is 41.2 Å². The summed E-state index contributed by atoms with van der Waals surface area (Å²) in [6.07, 6.45) is 10.6. The first-order chi connectivity index (χ1) is 8.70. The first kappa shape index (κ1) is 13.4. The third kappa shape index (κ3) is 2.40. The highest BCUT2D eigenvalue weighted by atomic mass is 15.2. The molecule has 0 aromatic carbocycles. The van der Waals surface area contributed by atoms with Gasteiger partial charge in [0.2, 0.25) is 0 Å². The highest BCUT2D eigenvalue weighted by molar-refractivity contribution is 5.18. The maximum Gasteiger partial charge on any atom is 0.115 e. The third-order valence-corrected chi connectivity index (χ3v) is 4.22. The zero-order valence-electron chi connectivity index (χ0n) is 11.7. The Morgan fingerprint density at radius 1 is 1.28 bits per heavy atom. The summed E-state index contributed by atoms with van der Waals surface area (Å²) in [4.78, 5) is 10.7. The lowest BCUT2D eigenvalue weighted by Crippen LogP contribution is -2.52. The van der Waals surface area contributed by atoms with Crippen molar-refractivity contribution in [3.63, 3.8) is 0 Å². The van der Waals surface area contributed by atoms with Gasteiger partial charge in [-0.3, -0.25) is 0 Å². The standard InChI is InChI=1S/C14H24N4/c1-4-17-13(12-9-15-11-16-10-12)14(18(2)3)7-5-6-8-14/h9-11,13,17H,4-8H2,1-3H3. The van der Waals surface area contributed by atoms with Crippen molar-refractivity contribution in [2.75, 3.05) is 20.6 Å². The average Bonchev–Trinajstić information content (AvgIpc) is 2.87. The molecular formula is C14H24N4. The van der Waals surface area contributed by atoms with Crippen LogP contribution in [-0.2, 0) is 0 Å². The van der Waals surface area contributed by atoms with E-state index in [-0.39, 0.29) is 5.54 Å². The summed E-state index contributed by atoms with van der Waals surface area (Å²) in [5.41, 5.74) is 1.41. The van der Waals surface area contributed by atoms with Gasteiger partial charge in [0.1, 0.15) is 6.33 Å². The molecule has 1 saturated carbocycles. The molecule has 1 N–H and O–H groups in total. The van der Waals surface area contributed by atoms with E-state index in [1.54, 1.807) is 6.33 Å². The van der Waals surface area contributed by atoms with Crippen LogP contribution >= 0.6 is 0 Å². The molecule has 1 aromatic heterocycles. The van der Waals surface area contributed by atoms with E-state index in [0.717, 1.165) is 6.54 Å². The van der Waals surface area contributed by atoms with E-state index < -0.39 is 0 Å². The van der Waals surface area contributed by atoms with E-state index in [1.807, 2.05) is 12.4 Å². The molecule has 1 aromatic rings. The van der Waals surface area contributed by atoms with Crippen LogP contribution in [-0.4, -0.2) is 41.0 Å². The molecule has 1 fully saturated rings. The Morgan fingerprint density at radius 2 is 1.89 bits per heavy atom. The van der Waals surface area contributed by atoms with Crippen molar-refractivity contribution in [2.45, 2.75) is 44.2 Å². The number of rotatable bonds is 5. The van der Waals surface area contributed by atoms with Crippen molar-refractivity contribution in [3.8, 4) is 0 Å². The molecule has 0 bridgehead atoms. The smallest absolute Gasteiger partial charge is 0.115 e. The highest BCUT2D eigenvalue weighted by Crippen LogP contribution is 2.43. The maximum atomic E-state index is 4.18. The summed E-state index contributed by atoms with van der Waals surface area (Å²) in [5, 5.41) is 3.64. The molecule has 100 valence electrons. The lowest BCUT2D eigenvalue weighted by molar-refractivity contribution is 0.105. The van der Waals surface area contributed by atoms with Crippen LogP contribution in [0.1, 0.15) is 44.2 Å². The topological polar surface area (TPSA) is 41.1 Å². The number of nitrogens with zero attached hydrogens (tertiary/aromatic N) is 3. The van der Waals surface area contributed by atoms with Crippen molar-refractivity contribution >= 4 is 0 Å². The molecular weight excluding hydrogens is 224 g/mol. The van der Waals surface area contributed by atoms with Gasteiger partial charge < -0.3 is 10.2 Å². The van der Waals surface area contributed by atoms with Gasteiger partial charge in [0, 0.05) is 23.5 Å². The minimum atomic E-state index is 0.209. The minimum absolute atomic E-state index is 0.209. The Labute approximate surface area is 110 Å². The van der Waals surface area contributed by atoms with Gasteiger partial charge in [-0.15, -0.1) is 0 Å². The molecule has 0 amide bonds. The molecule has 2 rings (SSSR count). The summed E-state index contributed by atoms with van der Waals surface area (Å²) in [5.74, 6) is 0. The molecule has 4 heteroatoms. The summed E-state index contributed by atoms with van der Waals surface area (Å²) < 4.78 is 0. The Morgan fingerprint density at radius 3 is 2.39 bits per heavy atom. The van der Waals surface area contributed by atoms with E-state index in [0.29, 0.717) is 6.04 Å². The first-order valence-electron chi connectivity index (χ1n) is 6.86. The average molecular weight is 248 g/mol. The second kappa shape index (κ2) is 5.76. The van der Waals surface area contributed by atoms with Crippen LogP contribution in [0.15, 0.2) is 18.7 Å². The van der Waals surface area contributed by atoms with Crippen LogP contribution in [0.5, 0.6) is 0 Å². The summed E-state index contributed by atoms with van der Waals surface area (Å²) in [7, 11) is 4.39. The van der Waals surface area contributed by atoms with E-state index in [4.69, 9.17) is 0 Å². The molecule has 1 aliphatic carbocycles. The molecule has 18 heavy (non-hydrogen) atoms. The van der Waals surface area contributed by atoms with Gasteiger partial charge in [0.25, 0.3) is 0 Å². The third-order valence-electron chi connectivity index (χ3n) is 4.22. The van der Waals surface area contributed by atoms with Gasteiger partial charge in [0.15, 0.2) is 0 Å². The quantitative estimate of drug-likeness (QED) is 0.865. The zero-order valence-corrected chi connectivity index (χ0v) is 11.7. The van der Waals surface area contributed by atoms with E-state index in [9.17, 15) is 0 Å². The zero-order chi connectivity index (χ0) is 13.0. The number of aromatic nitrogens is 2. The minimum Gasteiger partial charge on any atom is -0.309 e. The first-order valence-corrected chi connectivity index (χ1v) is 6.86. The fourth-order valence-electron chi connectivity index (χ4n) is 3.26. The van der Waals surface area contributed by atoms with Crippen molar-refractivity contribution in [2.24, 2.45) is 0 Å². The molecule has 0 radical (unpaired) electrons. The SMILES string of the molecule is CCNC(c1cncnc1)C1(N(C)C)CCCC1. The number of likely N-dealkylation sites (N-methyl/N-ethyl adjacent to an activating group) is 2. The highest BCUT2D eigenvalue weighted by Gasteiger charge is 2.43. The molecule has 0 aliphatic heterocycles. The number of hydrogen-bond donors (Lipinski definition) is 1. The molecule has 1 atom stereocenters. The van der Waals surface area contributed by atoms with Crippen molar-refractivity contribution in [3.05, 3.63) is 24.3 Å². The normalized spacial score (nSPS) is 20.2. The molecule has 4 nitrogen and oxygen atoms in total. The van der Waals surface area contributed by atoms with Gasteiger partial charge in [-0.05, 0) is 33.5 Å². The van der Waals surface area contributed by atoms with Crippen LogP contribution < -0.4 is 5.32 Å². The molecule has 1 unspecified atom stereocenters. The van der Waals surface area contributed by atoms with Crippen LogP contribution in [0.25, 0.3) is 0 Å². The lowest BCUT2D eigenvalue weighted by Gasteiger charge is -2.43. The van der Waals surface area contributed by atoms with Crippen LogP contribution in [0.2, 0.25) is 0 Å². The fraction of sp³-hybridized carbons (Fsp3) is 0.714. The Hall–Kier alpha value is -1.00. The van der Waals surface area contributed by atoms with Crippen LogP contribution in [0.4, 0.5) is 0 Å². The van der Waals surface area contributed by atoms with E-state index in [1.165, 1.54) is 31.2 Å². The number of nitrogens with one attached hydrogen (secondary N) is 1. The number of hydrogen-bond acceptors (Lipinski definition) is 4. The van der Waals surface area contributed by atoms with Crippen molar-refractivity contribution < 1.29 is 0 Å². The largest absolute Gasteiger partial charge is 0.309 e. The van der Waals surface area contributed by atoms with E-state index >= 15 is 0 Å². The van der Waals surface area contributed by atoms with Crippen molar-refractivity contribution in [1.29, 1.82) is 0 Å². The van der Waals surface area contributed by atoms with Gasteiger partial charge in [-0.25, -0.2) is 9.97 Å². The Kier molecular flexibility index (Phi) is 4.30. The molecule has 0 saturated heterocycles. The molecule has 1 heterocycles. The molecule has 0 spiro atoms. The van der Waals surface area contributed by atoms with Crippen molar-refractivity contribution in [1.82, 2.24) is 20.2 Å². The fourth-order valence-corrected chi connectivity index (χ4v) is 3.26. The van der Waals surface area contributed by atoms with Gasteiger partial charge in [-0.2, -0.15) is 0 Å². The van der Waals surface area contributed by atoms with Crippen LogP contribution in [0, 0.1) is 0 Å². The summed E-state index contributed by atoms with van der Waals surface area (Å²) >= 11 is 0. The van der Waals surface area contributed by atoms with Gasteiger partial charge >= 0.3 is 0 Å². The van der Waals surface area contributed by atoms with Crippen LogP contribution in [0.3, 0.4) is 0 Å². The summed E-state index contributed by atoms with van der Waals surface area (Å²) in [6.45, 7) is 3.13. The van der Waals surface area contributed by atoms with Gasteiger partial charge in [0.05, 0.1) is 6.04 Å². The lowest BCUT2D eigenvalue weighted by atomic mass is 9.83. The Balaban J connectivity index is 2.34. The van der Waals surface area contributed by atoms with Gasteiger partial charge in [-0.1, -0.05) is 19.8 Å². The predicted octanol–water partition coefficient (Wildman–Crippen LogP) is 2.00. The Bertz CT molecular complexity index is 357. The summed E-state index contributed by atoms with van der Waals surface area (Å²) in [6, 6.07) is 0.321. The molecule has 1 aliphatic rings. The second-order valence-electron chi connectivity index (χ2n) is 5.37. The second-order valence-corrected chi connectivity index (χ2v) is 5.37. The maximum absolute atomic E-state index is 4.18. The predicted molar refractivity (Wildman–Crippen MR) is 73.3 cm³/mol.